The molecule has 8 heteroatoms. The molecule has 0 aliphatic rings. The third-order valence-electron chi connectivity index (χ3n) is 7.14. The van der Waals surface area contributed by atoms with Gasteiger partial charge in [0.2, 0.25) is 0 Å². The minimum Gasteiger partial charge on any atom is -0.403 e. The van der Waals surface area contributed by atoms with Gasteiger partial charge in [-0.15, -0.1) is 0 Å². The number of carbonyl (C=O) groups is 1. The van der Waals surface area contributed by atoms with Crippen LogP contribution < -0.4 is 21.3 Å². The fraction of sp³-hybridized carbons (Fsp3) is 0.257. The number of anilines is 3. The number of rotatable bonds is 8. The molecule has 222 valence electrons. The third-order valence-corrected chi connectivity index (χ3v) is 7.14. The molecule has 43 heavy (non-hydrogen) atoms. The first kappa shape index (κ1) is 30.9. The standard InChI is InChI=1S/C35H39FN6O/c1-8-14-41(7)29-19-25(35(4,5)6)18-27(20-29)40-34(43)30-17-24(23(3)16-31(30)36)12-13-28-22-38-33-32(11-10-15-42(28)33)39-26(9-2)21-37/h9-11,15-22,39H,2,8,14,37H2,1,3-7H3,(H,40,43)/b26-21+. The summed E-state index contributed by atoms with van der Waals surface area (Å²) in [7, 11) is 2.03. The van der Waals surface area contributed by atoms with Gasteiger partial charge in [0.1, 0.15) is 11.5 Å². The van der Waals surface area contributed by atoms with Crippen molar-refractivity contribution in [2.75, 3.05) is 29.1 Å². The molecule has 4 N–H and O–H groups in total. The maximum atomic E-state index is 15.1. The Hall–Kier alpha value is -5.03. The SMILES string of the molecule is C=C/C(=C\N)Nc1cccn2c(C#Cc3cc(C(=O)Nc4cc(N(C)CCC)cc(C(C)(C)C)c4)c(F)cc3C)cnc12. The van der Waals surface area contributed by atoms with Crippen molar-refractivity contribution in [3.05, 3.63) is 113 Å². The fourth-order valence-corrected chi connectivity index (χ4v) is 4.63. The summed E-state index contributed by atoms with van der Waals surface area (Å²) in [6.07, 6.45) is 7.55. The van der Waals surface area contributed by atoms with E-state index in [0.717, 1.165) is 29.9 Å². The molecule has 2 heterocycles. The van der Waals surface area contributed by atoms with Gasteiger partial charge in [-0.05, 0) is 84.3 Å². The highest BCUT2D eigenvalue weighted by molar-refractivity contribution is 6.05. The number of amides is 1. The lowest BCUT2D eigenvalue weighted by Gasteiger charge is -2.25. The average molecular weight is 579 g/mol. The molecular weight excluding hydrogens is 539 g/mol. The molecule has 0 aliphatic heterocycles. The molecule has 4 rings (SSSR count). The third kappa shape index (κ3) is 7.07. The van der Waals surface area contributed by atoms with Crippen molar-refractivity contribution in [1.29, 1.82) is 0 Å². The van der Waals surface area contributed by atoms with E-state index in [1.165, 1.54) is 18.3 Å². The largest absolute Gasteiger partial charge is 0.403 e. The Morgan fingerprint density at radius 3 is 2.63 bits per heavy atom. The Bertz CT molecular complexity index is 1770. The van der Waals surface area contributed by atoms with Crippen LogP contribution in [0, 0.1) is 24.6 Å². The van der Waals surface area contributed by atoms with Crippen molar-refractivity contribution in [2.24, 2.45) is 5.73 Å². The Balaban J connectivity index is 1.66. The Kier molecular flexibility index (Phi) is 9.25. The van der Waals surface area contributed by atoms with E-state index in [4.69, 9.17) is 5.73 Å². The fourth-order valence-electron chi connectivity index (χ4n) is 4.63. The number of halogens is 1. The number of aromatic nitrogens is 2. The topological polar surface area (TPSA) is 87.7 Å². The lowest BCUT2D eigenvalue weighted by molar-refractivity contribution is 0.102. The highest BCUT2D eigenvalue weighted by atomic mass is 19.1. The van der Waals surface area contributed by atoms with Crippen molar-refractivity contribution >= 4 is 28.6 Å². The number of aryl methyl sites for hydroxylation is 1. The van der Waals surface area contributed by atoms with Gasteiger partial charge in [-0.1, -0.05) is 40.2 Å². The van der Waals surface area contributed by atoms with Crippen LogP contribution in [0.2, 0.25) is 0 Å². The molecule has 0 spiro atoms. The molecular formula is C35H39FN6O. The summed E-state index contributed by atoms with van der Waals surface area (Å²) >= 11 is 0. The zero-order valence-corrected chi connectivity index (χ0v) is 25.7. The predicted octanol–water partition coefficient (Wildman–Crippen LogP) is 6.98. The lowest BCUT2D eigenvalue weighted by atomic mass is 9.86. The number of hydrogen-bond donors (Lipinski definition) is 3. The van der Waals surface area contributed by atoms with E-state index in [-0.39, 0.29) is 11.0 Å². The van der Waals surface area contributed by atoms with Crippen molar-refractivity contribution < 1.29 is 9.18 Å². The van der Waals surface area contributed by atoms with Crippen LogP contribution in [-0.4, -0.2) is 28.9 Å². The van der Waals surface area contributed by atoms with Crippen molar-refractivity contribution in [3.8, 4) is 11.8 Å². The molecule has 0 atom stereocenters. The van der Waals surface area contributed by atoms with Gasteiger partial charge in [0.05, 0.1) is 23.1 Å². The number of pyridine rings is 1. The smallest absolute Gasteiger partial charge is 0.258 e. The highest BCUT2D eigenvalue weighted by Gasteiger charge is 2.19. The number of allylic oxidation sites excluding steroid dienone is 1. The van der Waals surface area contributed by atoms with E-state index in [0.29, 0.717) is 33.9 Å². The van der Waals surface area contributed by atoms with Gasteiger partial charge in [-0.2, -0.15) is 0 Å². The van der Waals surface area contributed by atoms with E-state index in [1.807, 2.05) is 41.9 Å². The van der Waals surface area contributed by atoms with E-state index in [2.05, 4.69) is 72.7 Å². The molecule has 4 aromatic rings. The zero-order chi connectivity index (χ0) is 31.3. The summed E-state index contributed by atoms with van der Waals surface area (Å²) in [5.41, 5.74) is 12.0. The summed E-state index contributed by atoms with van der Waals surface area (Å²) in [6, 6.07) is 12.6. The molecule has 0 aliphatic carbocycles. The van der Waals surface area contributed by atoms with Gasteiger partial charge in [0.15, 0.2) is 5.65 Å². The van der Waals surface area contributed by atoms with Crippen molar-refractivity contribution in [2.45, 2.75) is 46.5 Å². The average Bonchev–Trinajstić information content (AvgIpc) is 3.38. The van der Waals surface area contributed by atoms with Crippen LogP contribution in [0.3, 0.4) is 0 Å². The first-order valence-corrected chi connectivity index (χ1v) is 14.2. The molecule has 1 amide bonds. The van der Waals surface area contributed by atoms with E-state index in [1.54, 1.807) is 19.2 Å². The molecule has 0 unspecified atom stereocenters. The van der Waals surface area contributed by atoms with Crippen molar-refractivity contribution in [3.63, 3.8) is 0 Å². The van der Waals surface area contributed by atoms with E-state index < -0.39 is 11.7 Å². The molecule has 0 saturated heterocycles. The van der Waals surface area contributed by atoms with Crippen LogP contribution in [0.15, 0.2) is 79.4 Å². The Morgan fingerprint density at radius 1 is 1.19 bits per heavy atom. The van der Waals surface area contributed by atoms with Crippen LogP contribution in [0.4, 0.5) is 21.5 Å². The normalized spacial score (nSPS) is 11.6. The second kappa shape index (κ2) is 12.9. The number of nitrogens with one attached hydrogen (secondary N) is 2. The molecule has 2 aromatic carbocycles. The van der Waals surface area contributed by atoms with Gasteiger partial charge in [0.25, 0.3) is 5.91 Å². The summed E-state index contributed by atoms with van der Waals surface area (Å²) in [5, 5.41) is 6.11. The number of benzene rings is 2. The molecule has 0 bridgehead atoms. The van der Waals surface area contributed by atoms with Gasteiger partial charge in [-0.3, -0.25) is 9.20 Å². The quantitative estimate of drug-likeness (QED) is 0.155. The molecule has 0 saturated carbocycles. The second-order valence-corrected chi connectivity index (χ2v) is 11.5. The summed E-state index contributed by atoms with van der Waals surface area (Å²) in [5.74, 6) is 5.10. The minimum absolute atomic E-state index is 0.0744. The number of carbonyl (C=O) groups excluding carboxylic acids is 1. The highest BCUT2D eigenvalue weighted by Crippen LogP contribution is 2.31. The van der Waals surface area contributed by atoms with Crippen LogP contribution in [0.25, 0.3) is 5.65 Å². The van der Waals surface area contributed by atoms with Gasteiger partial charge < -0.3 is 21.3 Å². The summed E-state index contributed by atoms with van der Waals surface area (Å²) in [4.78, 5) is 20.0. The van der Waals surface area contributed by atoms with Gasteiger partial charge in [-0.25, -0.2) is 9.37 Å². The number of hydrogen-bond acceptors (Lipinski definition) is 5. The number of fused-ring (bicyclic) bond motifs is 1. The van der Waals surface area contributed by atoms with E-state index in [9.17, 15) is 4.79 Å². The molecule has 7 nitrogen and oxygen atoms in total. The Labute approximate surface area is 253 Å². The number of nitrogens with two attached hydrogens (primary N) is 1. The van der Waals surface area contributed by atoms with Crippen LogP contribution in [-0.2, 0) is 5.41 Å². The first-order valence-electron chi connectivity index (χ1n) is 14.2. The van der Waals surface area contributed by atoms with E-state index >= 15 is 4.39 Å². The monoisotopic (exact) mass is 578 g/mol. The second-order valence-electron chi connectivity index (χ2n) is 11.5. The Morgan fingerprint density at radius 2 is 1.95 bits per heavy atom. The molecule has 2 aromatic heterocycles. The number of imidazole rings is 1. The van der Waals surface area contributed by atoms with Crippen molar-refractivity contribution in [1.82, 2.24) is 9.38 Å². The molecule has 0 radical (unpaired) electrons. The van der Waals surface area contributed by atoms with Gasteiger partial charge in [0, 0.05) is 42.9 Å². The van der Waals surface area contributed by atoms with Gasteiger partial charge >= 0.3 is 0 Å². The first-order chi connectivity index (χ1) is 20.4. The maximum absolute atomic E-state index is 15.1. The molecule has 0 fully saturated rings. The summed E-state index contributed by atoms with van der Waals surface area (Å²) in [6.45, 7) is 14.9. The van der Waals surface area contributed by atoms with Crippen LogP contribution >= 0.6 is 0 Å². The van der Waals surface area contributed by atoms with Crippen LogP contribution in [0.5, 0.6) is 0 Å². The van der Waals surface area contributed by atoms with Crippen LogP contribution in [0.1, 0.15) is 66.9 Å². The number of nitrogens with zero attached hydrogens (tertiary/aromatic N) is 3. The summed E-state index contributed by atoms with van der Waals surface area (Å²) < 4.78 is 17.0. The maximum Gasteiger partial charge on any atom is 0.258 e. The minimum atomic E-state index is -0.604. The lowest BCUT2D eigenvalue weighted by Crippen LogP contribution is -2.21. The predicted molar refractivity (Wildman–Crippen MR) is 175 cm³/mol. The zero-order valence-electron chi connectivity index (χ0n) is 25.7.